The normalized spacial score (nSPS) is 17.8. The Hall–Kier alpha value is -1.07. The van der Waals surface area contributed by atoms with Gasteiger partial charge in [-0.3, -0.25) is 0 Å². The molecule has 5 heteroatoms. The molecule has 0 atom stereocenters. The molecule has 0 radical (unpaired) electrons. The van der Waals surface area contributed by atoms with E-state index in [0.29, 0.717) is 6.54 Å². The first-order valence-corrected chi connectivity index (χ1v) is 8.31. The van der Waals surface area contributed by atoms with Gasteiger partial charge in [-0.05, 0) is 25.0 Å². The van der Waals surface area contributed by atoms with Crippen LogP contribution in [0.15, 0.2) is 29.2 Å². The summed E-state index contributed by atoms with van der Waals surface area (Å²) in [7, 11) is -3.60. The highest BCUT2D eigenvalue weighted by Gasteiger charge is 2.32. The fourth-order valence-electron chi connectivity index (χ4n) is 2.80. The van der Waals surface area contributed by atoms with Crippen LogP contribution >= 0.6 is 0 Å². The zero-order chi connectivity index (χ0) is 13.9. The number of phenolic OH excluding ortho intramolecular Hbond substituents is 1. The van der Waals surface area contributed by atoms with E-state index in [1.165, 1.54) is 18.6 Å². The van der Waals surface area contributed by atoms with Gasteiger partial charge in [-0.25, -0.2) is 8.42 Å². The number of hydrogen-bond donors (Lipinski definition) is 1. The maximum Gasteiger partial charge on any atom is 0.246 e. The van der Waals surface area contributed by atoms with Crippen LogP contribution in [0.3, 0.4) is 0 Å². The van der Waals surface area contributed by atoms with E-state index in [4.69, 9.17) is 0 Å². The molecule has 0 heterocycles. The van der Waals surface area contributed by atoms with E-state index in [9.17, 15) is 13.5 Å². The predicted octanol–water partition coefficient (Wildman–Crippen LogP) is 2.74. The second-order valence-corrected chi connectivity index (χ2v) is 6.83. The second kappa shape index (κ2) is 5.92. The molecule has 19 heavy (non-hydrogen) atoms. The van der Waals surface area contributed by atoms with Crippen LogP contribution in [0.25, 0.3) is 0 Å². The average Bonchev–Trinajstić information content (AvgIpc) is 2.40. The zero-order valence-electron chi connectivity index (χ0n) is 11.2. The summed E-state index contributed by atoms with van der Waals surface area (Å²) in [5.74, 6) is -0.170. The molecule has 0 saturated heterocycles. The smallest absolute Gasteiger partial charge is 0.246 e. The number of aromatic hydroxyl groups is 1. The molecular formula is C14H21NO3S. The predicted molar refractivity (Wildman–Crippen MR) is 74.5 cm³/mol. The van der Waals surface area contributed by atoms with Crippen molar-refractivity contribution >= 4 is 10.0 Å². The largest absolute Gasteiger partial charge is 0.507 e. The highest BCUT2D eigenvalue weighted by molar-refractivity contribution is 7.89. The summed E-state index contributed by atoms with van der Waals surface area (Å²) in [6, 6.07) is 6.23. The number of benzene rings is 1. The van der Waals surface area contributed by atoms with E-state index in [-0.39, 0.29) is 16.7 Å². The molecule has 1 aliphatic carbocycles. The number of para-hydroxylation sites is 1. The number of nitrogens with zero attached hydrogens (tertiary/aromatic N) is 1. The summed E-state index contributed by atoms with van der Waals surface area (Å²) in [4.78, 5) is 0.0161. The minimum atomic E-state index is -3.60. The van der Waals surface area contributed by atoms with E-state index >= 15 is 0 Å². The van der Waals surface area contributed by atoms with Crippen molar-refractivity contribution in [1.82, 2.24) is 4.31 Å². The third-order valence-corrected chi connectivity index (χ3v) is 5.82. The van der Waals surface area contributed by atoms with Gasteiger partial charge in [0.1, 0.15) is 10.6 Å². The van der Waals surface area contributed by atoms with Crippen LogP contribution in [0.1, 0.15) is 39.0 Å². The van der Waals surface area contributed by atoms with Gasteiger partial charge in [0.05, 0.1) is 0 Å². The van der Waals surface area contributed by atoms with Gasteiger partial charge < -0.3 is 5.11 Å². The molecular weight excluding hydrogens is 262 g/mol. The molecule has 1 fully saturated rings. The third kappa shape index (κ3) is 2.92. The van der Waals surface area contributed by atoms with Crippen LogP contribution in [0.5, 0.6) is 5.75 Å². The van der Waals surface area contributed by atoms with E-state index < -0.39 is 10.0 Å². The lowest BCUT2D eigenvalue weighted by molar-refractivity contribution is 0.260. The average molecular weight is 283 g/mol. The Morgan fingerprint density at radius 2 is 1.84 bits per heavy atom. The number of phenols is 1. The van der Waals surface area contributed by atoms with Gasteiger partial charge in [0, 0.05) is 12.6 Å². The van der Waals surface area contributed by atoms with Crippen molar-refractivity contribution in [2.75, 3.05) is 6.54 Å². The first kappa shape index (κ1) is 14.3. The summed E-state index contributed by atoms with van der Waals surface area (Å²) in [5, 5.41) is 9.78. The molecule has 1 aromatic carbocycles. The Labute approximate surface area is 115 Å². The lowest BCUT2D eigenvalue weighted by Crippen LogP contribution is -2.41. The van der Waals surface area contributed by atoms with E-state index in [1.54, 1.807) is 16.4 Å². The SMILES string of the molecule is CCN(C1CCCCC1)S(=O)(=O)c1ccccc1O. The quantitative estimate of drug-likeness (QED) is 0.924. The van der Waals surface area contributed by atoms with Crippen molar-refractivity contribution in [2.24, 2.45) is 0 Å². The van der Waals surface area contributed by atoms with Crippen molar-refractivity contribution in [3.63, 3.8) is 0 Å². The van der Waals surface area contributed by atoms with Crippen LogP contribution in [0, 0.1) is 0 Å². The number of hydrogen-bond acceptors (Lipinski definition) is 3. The fraction of sp³-hybridized carbons (Fsp3) is 0.571. The zero-order valence-corrected chi connectivity index (χ0v) is 12.1. The van der Waals surface area contributed by atoms with Gasteiger partial charge in [-0.2, -0.15) is 4.31 Å². The summed E-state index contributed by atoms with van der Waals surface area (Å²) in [6.45, 7) is 2.30. The van der Waals surface area contributed by atoms with E-state index in [1.807, 2.05) is 6.92 Å². The molecule has 1 aliphatic rings. The summed E-state index contributed by atoms with van der Waals surface area (Å²) >= 11 is 0. The van der Waals surface area contributed by atoms with Gasteiger partial charge in [-0.1, -0.05) is 38.3 Å². The lowest BCUT2D eigenvalue weighted by Gasteiger charge is -2.32. The summed E-state index contributed by atoms with van der Waals surface area (Å²) in [6.07, 6.45) is 5.18. The van der Waals surface area contributed by atoms with Crippen LogP contribution in [-0.4, -0.2) is 30.4 Å². The molecule has 0 aromatic heterocycles. The van der Waals surface area contributed by atoms with Gasteiger partial charge in [0.15, 0.2) is 0 Å². The Kier molecular flexibility index (Phi) is 4.47. The van der Waals surface area contributed by atoms with Gasteiger partial charge >= 0.3 is 0 Å². The molecule has 106 valence electrons. The molecule has 0 aliphatic heterocycles. The Bertz CT molecular complexity index is 521. The second-order valence-electron chi connectivity index (χ2n) is 4.97. The molecule has 0 unspecified atom stereocenters. The van der Waals surface area contributed by atoms with Crippen LogP contribution in [0.4, 0.5) is 0 Å². The first-order chi connectivity index (χ1) is 9.07. The standard InChI is InChI=1S/C14H21NO3S/c1-2-15(12-8-4-3-5-9-12)19(17,18)14-11-7-6-10-13(14)16/h6-7,10-12,16H,2-5,8-9H2,1H3. The molecule has 0 spiro atoms. The highest BCUT2D eigenvalue weighted by atomic mass is 32.2. The van der Waals surface area contributed by atoms with Crippen molar-refractivity contribution in [3.8, 4) is 5.75 Å². The van der Waals surface area contributed by atoms with Crippen molar-refractivity contribution in [3.05, 3.63) is 24.3 Å². The van der Waals surface area contributed by atoms with Crippen LogP contribution in [0.2, 0.25) is 0 Å². The molecule has 2 rings (SSSR count). The molecule has 1 N–H and O–H groups in total. The molecule has 0 bridgehead atoms. The van der Waals surface area contributed by atoms with Crippen molar-refractivity contribution < 1.29 is 13.5 Å². The van der Waals surface area contributed by atoms with Crippen molar-refractivity contribution in [1.29, 1.82) is 0 Å². The maximum absolute atomic E-state index is 12.6. The fourth-order valence-corrected chi connectivity index (χ4v) is 4.57. The molecule has 0 amide bonds. The third-order valence-electron chi connectivity index (χ3n) is 3.75. The van der Waals surface area contributed by atoms with Gasteiger partial charge in [0.25, 0.3) is 0 Å². The lowest BCUT2D eigenvalue weighted by atomic mass is 9.95. The van der Waals surface area contributed by atoms with E-state index in [0.717, 1.165) is 25.7 Å². The first-order valence-electron chi connectivity index (χ1n) is 6.87. The Balaban J connectivity index is 2.33. The highest BCUT2D eigenvalue weighted by Crippen LogP contribution is 2.30. The number of sulfonamides is 1. The van der Waals surface area contributed by atoms with Gasteiger partial charge in [0.2, 0.25) is 10.0 Å². The summed E-state index contributed by atoms with van der Waals surface area (Å²) < 4.78 is 26.8. The topological polar surface area (TPSA) is 57.6 Å². The van der Waals surface area contributed by atoms with Crippen molar-refractivity contribution in [2.45, 2.75) is 50.0 Å². The van der Waals surface area contributed by atoms with Crippen LogP contribution in [-0.2, 0) is 10.0 Å². The Morgan fingerprint density at radius 3 is 2.42 bits per heavy atom. The minimum Gasteiger partial charge on any atom is -0.507 e. The summed E-state index contributed by atoms with van der Waals surface area (Å²) in [5.41, 5.74) is 0. The minimum absolute atomic E-state index is 0.0161. The molecule has 1 saturated carbocycles. The Morgan fingerprint density at radius 1 is 1.21 bits per heavy atom. The van der Waals surface area contributed by atoms with E-state index in [2.05, 4.69) is 0 Å². The van der Waals surface area contributed by atoms with Crippen LogP contribution < -0.4 is 0 Å². The number of rotatable bonds is 4. The maximum atomic E-state index is 12.6. The monoisotopic (exact) mass is 283 g/mol. The van der Waals surface area contributed by atoms with Gasteiger partial charge in [-0.15, -0.1) is 0 Å². The molecule has 1 aromatic rings. The molecule has 4 nitrogen and oxygen atoms in total.